The van der Waals surface area contributed by atoms with Crippen molar-refractivity contribution in [2.45, 2.75) is 57.2 Å². The molecule has 1 aliphatic carbocycles. The van der Waals surface area contributed by atoms with Crippen LogP contribution in [0.25, 0.3) is 0 Å². The molecule has 32 heavy (non-hydrogen) atoms. The molecule has 2 amide bonds. The van der Waals surface area contributed by atoms with Crippen LogP contribution < -0.4 is 0 Å². The number of benzene rings is 1. The molecule has 0 bridgehead atoms. The van der Waals surface area contributed by atoms with Gasteiger partial charge in [0.2, 0.25) is 11.8 Å². The highest BCUT2D eigenvalue weighted by Gasteiger charge is 2.39. The molecule has 9 heteroatoms. The van der Waals surface area contributed by atoms with Crippen LogP contribution in [0, 0.1) is 35.7 Å². The Labute approximate surface area is 184 Å². The second-order valence-corrected chi connectivity index (χ2v) is 8.22. The van der Waals surface area contributed by atoms with Gasteiger partial charge in [0, 0.05) is 37.1 Å². The zero-order valence-corrected chi connectivity index (χ0v) is 17.8. The van der Waals surface area contributed by atoms with Crippen LogP contribution in [0.2, 0.25) is 0 Å². The van der Waals surface area contributed by atoms with Crippen molar-refractivity contribution < 1.29 is 32.3 Å². The molecule has 1 heterocycles. The average molecular weight is 450 g/mol. The van der Waals surface area contributed by atoms with Crippen LogP contribution in [0.15, 0.2) is 12.1 Å². The maximum absolute atomic E-state index is 14.1. The van der Waals surface area contributed by atoms with Crippen molar-refractivity contribution in [2.24, 2.45) is 5.92 Å². The SMILES string of the molecule is C#CCN(C(=O)C[C@@H]1CCC(=O)N1Cc1cc(F)cc(F)c1F)[C@@H](CC1CC1)C(=O)OC. The van der Waals surface area contributed by atoms with E-state index in [9.17, 15) is 27.6 Å². The topological polar surface area (TPSA) is 66.9 Å². The number of nitrogens with zero attached hydrogens (tertiary/aromatic N) is 2. The summed E-state index contributed by atoms with van der Waals surface area (Å²) in [6.07, 6.45) is 8.09. The lowest BCUT2D eigenvalue weighted by Gasteiger charge is -2.31. The van der Waals surface area contributed by atoms with Gasteiger partial charge in [-0.25, -0.2) is 18.0 Å². The number of methoxy groups -OCH3 is 1. The van der Waals surface area contributed by atoms with Gasteiger partial charge in [0.05, 0.1) is 13.7 Å². The highest BCUT2D eigenvalue weighted by Crippen LogP contribution is 2.35. The van der Waals surface area contributed by atoms with Crippen LogP contribution in [0.1, 0.15) is 44.1 Å². The first-order valence-electron chi connectivity index (χ1n) is 10.5. The van der Waals surface area contributed by atoms with Gasteiger partial charge in [0.25, 0.3) is 0 Å². The van der Waals surface area contributed by atoms with Crippen LogP contribution in [-0.4, -0.2) is 53.3 Å². The molecule has 0 aromatic heterocycles. The highest BCUT2D eigenvalue weighted by molar-refractivity contribution is 5.86. The van der Waals surface area contributed by atoms with Crippen molar-refractivity contribution in [3.63, 3.8) is 0 Å². The van der Waals surface area contributed by atoms with Gasteiger partial charge in [-0.1, -0.05) is 18.8 Å². The number of hydrogen-bond acceptors (Lipinski definition) is 4. The number of carbonyl (C=O) groups excluding carboxylic acids is 3. The lowest BCUT2D eigenvalue weighted by atomic mass is 10.1. The molecule has 1 saturated carbocycles. The third-order valence-electron chi connectivity index (χ3n) is 5.96. The average Bonchev–Trinajstić information content (AvgIpc) is 3.52. The summed E-state index contributed by atoms with van der Waals surface area (Å²) in [5, 5.41) is 0. The third-order valence-corrected chi connectivity index (χ3v) is 5.96. The number of ether oxygens (including phenoxy) is 1. The smallest absolute Gasteiger partial charge is 0.328 e. The molecule has 1 aromatic carbocycles. The van der Waals surface area contributed by atoms with E-state index in [4.69, 9.17) is 11.2 Å². The Hall–Kier alpha value is -3.02. The van der Waals surface area contributed by atoms with E-state index in [1.165, 1.54) is 16.9 Å². The fourth-order valence-corrected chi connectivity index (χ4v) is 4.08. The minimum atomic E-state index is -1.35. The standard InChI is InChI=1S/C23H25F3N2O4/c1-3-8-27(19(23(31)32-2)9-14-4-5-14)21(30)12-17-6-7-20(29)28(17)13-15-10-16(24)11-18(25)22(15)26/h1,10-11,14,17,19H,4-9,12-13H2,2H3/t17-,19-/m0/s1. The molecule has 0 spiro atoms. The minimum absolute atomic E-state index is 0.101. The molecule has 1 aliphatic heterocycles. The number of esters is 1. The van der Waals surface area contributed by atoms with Crippen LogP contribution in [0.4, 0.5) is 13.2 Å². The Morgan fingerprint density at radius 1 is 1.28 bits per heavy atom. The molecule has 6 nitrogen and oxygen atoms in total. The van der Waals surface area contributed by atoms with Gasteiger partial charge in [-0.3, -0.25) is 9.59 Å². The molecule has 0 N–H and O–H groups in total. The van der Waals surface area contributed by atoms with Crippen molar-refractivity contribution in [3.05, 3.63) is 35.1 Å². The van der Waals surface area contributed by atoms with E-state index in [1.54, 1.807) is 0 Å². The van der Waals surface area contributed by atoms with E-state index in [2.05, 4.69) is 5.92 Å². The number of amides is 2. The van der Waals surface area contributed by atoms with E-state index in [0.717, 1.165) is 18.9 Å². The molecule has 2 atom stereocenters. The summed E-state index contributed by atoms with van der Waals surface area (Å²) in [7, 11) is 1.24. The van der Waals surface area contributed by atoms with E-state index >= 15 is 0 Å². The molecule has 2 aliphatic rings. The Bertz CT molecular complexity index is 942. The Kier molecular flexibility index (Phi) is 7.44. The lowest BCUT2D eigenvalue weighted by molar-refractivity contribution is -0.153. The third kappa shape index (κ3) is 5.42. The van der Waals surface area contributed by atoms with Crippen molar-refractivity contribution in [3.8, 4) is 12.3 Å². The summed E-state index contributed by atoms with van der Waals surface area (Å²) in [6, 6.07) is -0.177. The van der Waals surface area contributed by atoms with E-state index < -0.39 is 41.4 Å². The number of likely N-dealkylation sites (tertiary alicyclic amines) is 1. The highest BCUT2D eigenvalue weighted by atomic mass is 19.2. The van der Waals surface area contributed by atoms with Gasteiger partial charge in [0.15, 0.2) is 11.6 Å². The van der Waals surface area contributed by atoms with Gasteiger partial charge in [-0.15, -0.1) is 6.42 Å². The maximum atomic E-state index is 14.1. The quantitative estimate of drug-likeness (QED) is 0.330. The van der Waals surface area contributed by atoms with Crippen LogP contribution in [-0.2, 0) is 25.7 Å². The summed E-state index contributed by atoms with van der Waals surface area (Å²) < 4.78 is 46.1. The first-order chi connectivity index (χ1) is 15.2. The van der Waals surface area contributed by atoms with Gasteiger partial charge in [-0.2, -0.15) is 0 Å². The van der Waals surface area contributed by atoms with Crippen molar-refractivity contribution in [1.29, 1.82) is 0 Å². The molecule has 2 fully saturated rings. The molecular formula is C23H25F3N2O4. The molecule has 0 radical (unpaired) electrons. The van der Waals surface area contributed by atoms with Crippen LogP contribution in [0.3, 0.4) is 0 Å². The van der Waals surface area contributed by atoms with E-state index in [0.29, 0.717) is 24.8 Å². The first-order valence-corrected chi connectivity index (χ1v) is 10.5. The van der Waals surface area contributed by atoms with E-state index in [-0.39, 0.29) is 37.4 Å². The molecule has 1 aromatic rings. The van der Waals surface area contributed by atoms with Gasteiger partial charge < -0.3 is 14.5 Å². The first kappa shape index (κ1) is 23.6. The number of halogens is 3. The Morgan fingerprint density at radius 2 is 2.00 bits per heavy atom. The summed E-state index contributed by atoms with van der Waals surface area (Å²) in [5.41, 5.74) is -0.308. The Morgan fingerprint density at radius 3 is 2.62 bits per heavy atom. The fraction of sp³-hybridized carbons (Fsp3) is 0.522. The summed E-state index contributed by atoms with van der Waals surface area (Å²) in [4.78, 5) is 40.4. The zero-order valence-electron chi connectivity index (χ0n) is 17.8. The second kappa shape index (κ2) is 10.1. The lowest BCUT2D eigenvalue weighted by Crippen LogP contribution is -2.48. The number of terminal acetylenes is 1. The fourth-order valence-electron chi connectivity index (χ4n) is 4.08. The predicted octanol–water partition coefficient (Wildman–Crippen LogP) is 2.79. The summed E-state index contributed by atoms with van der Waals surface area (Å²) in [6.45, 7) is -0.468. The summed E-state index contributed by atoms with van der Waals surface area (Å²) >= 11 is 0. The maximum Gasteiger partial charge on any atom is 0.328 e. The van der Waals surface area contributed by atoms with Gasteiger partial charge >= 0.3 is 5.97 Å². The van der Waals surface area contributed by atoms with Crippen molar-refractivity contribution >= 4 is 17.8 Å². The van der Waals surface area contributed by atoms with Gasteiger partial charge in [-0.05, 0) is 24.8 Å². The number of hydrogen-bond donors (Lipinski definition) is 0. The summed E-state index contributed by atoms with van der Waals surface area (Å²) in [5.74, 6) is -2.17. The van der Waals surface area contributed by atoms with Crippen molar-refractivity contribution in [2.75, 3.05) is 13.7 Å². The molecular weight excluding hydrogens is 425 g/mol. The monoisotopic (exact) mass is 450 g/mol. The largest absolute Gasteiger partial charge is 0.467 e. The van der Waals surface area contributed by atoms with Gasteiger partial charge in [0.1, 0.15) is 11.9 Å². The number of rotatable bonds is 9. The van der Waals surface area contributed by atoms with Crippen molar-refractivity contribution in [1.82, 2.24) is 9.80 Å². The minimum Gasteiger partial charge on any atom is -0.467 e. The van der Waals surface area contributed by atoms with Crippen LogP contribution >= 0.6 is 0 Å². The second-order valence-electron chi connectivity index (χ2n) is 8.22. The predicted molar refractivity (Wildman–Crippen MR) is 108 cm³/mol. The zero-order chi connectivity index (χ0) is 23.4. The Balaban J connectivity index is 1.77. The normalized spacial score (nSPS) is 18.9. The number of carbonyl (C=O) groups is 3. The molecule has 3 rings (SSSR count). The molecule has 0 unspecified atom stereocenters. The van der Waals surface area contributed by atoms with E-state index in [1.807, 2.05) is 0 Å². The van der Waals surface area contributed by atoms with Crippen LogP contribution in [0.5, 0.6) is 0 Å². The molecule has 1 saturated heterocycles. The molecule has 172 valence electrons.